The molecule has 2 rings (SSSR count). The van der Waals surface area contributed by atoms with E-state index in [2.05, 4.69) is 33.1 Å². The molecular weight excluding hydrogens is 447 g/mol. The van der Waals surface area contributed by atoms with Crippen molar-refractivity contribution in [2.75, 3.05) is 0 Å². The number of rotatable bonds is 5. The lowest BCUT2D eigenvalue weighted by molar-refractivity contribution is -0.138. The van der Waals surface area contributed by atoms with E-state index < -0.39 is 23.3 Å². The van der Waals surface area contributed by atoms with Crippen molar-refractivity contribution >= 4 is 27.7 Å². The Labute approximate surface area is 186 Å². The molecule has 1 atom stereocenters. The van der Waals surface area contributed by atoms with Crippen molar-refractivity contribution in [1.29, 1.82) is 0 Å². The first kappa shape index (κ1) is 23.6. The van der Waals surface area contributed by atoms with E-state index in [0.29, 0.717) is 10.0 Å². The van der Waals surface area contributed by atoms with Gasteiger partial charge in [-0.15, -0.1) is 0 Å². The predicted molar refractivity (Wildman–Crippen MR) is 120 cm³/mol. The summed E-state index contributed by atoms with van der Waals surface area (Å²) in [4.78, 5) is 27.7. The van der Waals surface area contributed by atoms with Crippen molar-refractivity contribution in [3.8, 4) is 11.8 Å². The first-order chi connectivity index (χ1) is 14.0. The van der Waals surface area contributed by atoms with Crippen molar-refractivity contribution in [3.63, 3.8) is 0 Å². The maximum atomic E-state index is 13.7. The molecule has 1 N–H and O–H groups in total. The van der Waals surface area contributed by atoms with Crippen molar-refractivity contribution < 1.29 is 14.0 Å². The minimum absolute atomic E-state index is 0.180. The normalized spacial score (nSPS) is 11.8. The second kappa shape index (κ2) is 9.90. The second-order valence-corrected chi connectivity index (χ2v) is 8.96. The molecule has 0 aliphatic carbocycles. The summed E-state index contributed by atoms with van der Waals surface area (Å²) in [7, 11) is 0. The summed E-state index contributed by atoms with van der Waals surface area (Å²) in [5, 5.41) is 2.94. The number of carbonyl (C=O) groups excluding carboxylic acids is 2. The number of nitrogens with zero attached hydrogens (tertiary/aromatic N) is 1. The molecule has 6 heteroatoms. The monoisotopic (exact) mass is 472 g/mol. The number of hydrogen-bond acceptors (Lipinski definition) is 2. The quantitative estimate of drug-likeness (QED) is 0.628. The Hall–Kier alpha value is -2.65. The topological polar surface area (TPSA) is 49.4 Å². The molecule has 0 saturated heterocycles. The lowest BCUT2D eigenvalue weighted by Gasteiger charge is -2.33. The molecule has 2 aromatic rings. The molecule has 0 bridgehead atoms. The first-order valence-corrected chi connectivity index (χ1v) is 10.4. The van der Waals surface area contributed by atoms with Gasteiger partial charge in [-0.05, 0) is 63.8 Å². The molecule has 0 fully saturated rings. The van der Waals surface area contributed by atoms with Gasteiger partial charge in [0.2, 0.25) is 5.91 Å². The Kier molecular flexibility index (Phi) is 7.80. The number of amides is 2. The van der Waals surface area contributed by atoms with E-state index in [1.807, 2.05) is 52.0 Å². The maximum absolute atomic E-state index is 13.7. The highest BCUT2D eigenvalue weighted by atomic mass is 79.9. The van der Waals surface area contributed by atoms with E-state index in [4.69, 9.17) is 0 Å². The van der Waals surface area contributed by atoms with Crippen molar-refractivity contribution in [2.45, 2.75) is 52.7 Å². The van der Waals surface area contributed by atoms with Crippen LogP contribution in [0, 0.1) is 24.6 Å². The number of aryl methyl sites for hydroxylation is 1. The summed E-state index contributed by atoms with van der Waals surface area (Å²) >= 11 is 3.35. The molecule has 0 aliphatic rings. The Morgan fingerprint density at radius 2 is 1.80 bits per heavy atom. The average Bonchev–Trinajstić information content (AvgIpc) is 2.63. The molecule has 2 aromatic carbocycles. The minimum Gasteiger partial charge on any atom is -0.349 e. The van der Waals surface area contributed by atoms with Gasteiger partial charge in [-0.3, -0.25) is 9.59 Å². The predicted octanol–water partition coefficient (Wildman–Crippen LogP) is 4.90. The van der Waals surface area contributed by atoms with Crippen LogP contribution in [0.3, 0.4) is 0 Å². The summed E-state index contributed by atoms with van der Waals surface area (Å²) in [6, 6.07) is 10.8. The van der Waals surface area contributed by atoms with Crippen LogP contribution in [-0.2, 0) is 16.1 Å². The van der Waals surface area contributed by atoms with Gasteiger partial charge in [0, 0.05) is 16.6 Å². The van der Waals surface area contributed by atoms with Crippen LogP contribution in [0.15, 0.2) is 46.9 Å². The zero-order chi connectivity index (χ0) is 22.5. The van der Waals surface area contributed by atoms with Gasteiger partial charge in [-0.2, -0.15) is 0 Å². The largest absolute Gasteiger partial charge is 0.349 e. The molecule has 0 aromatic heterocycles. The van der Waals surface area contributed by atoms with Crippen LogP contribution >= 0.6 is 15.9 Å². The highest BCUT2D eigenvalue weighted by Crippen LogP contribution is 2.31. The van der Waals surface area contributed by atoms with Crippen LogP contribution in [0.4, 0.5) is 4.39 Å². The van der Waals surface area contributed by atoms with Crippen molar-refractivity contribution in [1.82, 2.24) is 10.2 Å². The lowest BCUT2D eigenvalue weighted by Crippen LogP contribution is -2.49. The third-order valence-electron chi connectivity index (χ3n) is 4.28. The summed E-state index contributed by atoms with van der Waals surface area (Å²) in [6.45, 7) is 9.31. The number of benzene rings is 2. The number of halogens is 2. The third-order valence-corrected chi connectivity index (χ3v) is 4.97. The summed E-state index contributed by atoms with van der Waals surface area (Å²) in [5.74, 6) is 3.87. The van der Waals surface area contributed by atoms with E-state index in [9.17, 15) is 14.0 Å². The van der Waals surface area contributed by atoms with Gasteiger partial charge in [-0.25, -0.2) is 4.39 Å². The zero-order valence-corrected chi connectivity index (χ0v) is 19.4. The lowest BCUT2D eigenvalue weighted by atomic mass is 10.0. The number of carbonyl (C=O) groups is 2. The van der Waals surface area contributed by atoms with E-state index in [1.54, 1.807) is 6.92 Å². The summed E-state index contributed by atoms with van der Waals surface area (Å²) in [5.41, 5.74) is 1.92. The highest BCUT2D eigenvalue weighted by molar-refractivity contribution is 9.10. The summed E-state index contributed by atoms with van der Waals surface area (Å²) < 4.78 is 14.1. The van der Waals surface area contributed by atoms with Gasteiger partial charge in [0.15, 0.2) is 0 Å². The van der Waals surface area contributed by atoms with Gasteiger partial charge in [0.05, 0.1) is 0 Å². The molecule has 4 nitrogen and oxygen atoms in total. The van der Waals surface area contributed by atoms with Gasteiger partial charge in [-0.1, -0.05) is 57.7 Å². The van der Waals surface area contributed by atoms with Gasteiger partial charge in [0.1, 0.15) is 11.9 Å². The second-order valence-electron chi connectivity index (χ2n) is 8.10. The van der Waals surface area contributed by atoms with Crippen LogP contribution in [0.5, 0.6) is 0 Å². The minimum atomic E-state index is -0.992. The van der Waals surface area contributed by atoms with Crippen LogP contribution in [0.2, 0.25) is 0 Å². The van der Waals surface area contributed by atoms with Crippen LogP contribution in [-0.4, -0.2) is 22.3 Å². The first-order valence-electron chi connectivity index (χ1n) is 9.57. The fraction of sp³-hybridized carbons (Fsp3) is 0.333. The highest BCUT2D eigenvalue weighted by Gasteiger charge is 2.34. The maximum Gasteiger partial charge on any atom is 0.299 e. The van der Waals surface area contributed by atoms with Gasteiger partial charge >= 0.3 is 0 Å². The van der Waals surface area contributed by atoms with E-state index >= 15 is 0 Å². The Morgan fingerprint density at radius 3 is 2.33 bits per heavy atom. The smallest absolute Gasteiger partial charge is 0.299 e. The molecule has 0 heterocycles. The number of hydrogen-bond donors (Lipinski definition) is 1. The molecule has 158 valence electrons. The SMILES string of the molecule is CC#CC(=O)N(Cc1ccc(C)cc1)C(C(=O)NC(C)(C)C)c1ccc(F)cc1Br. The molecule has 30 heavy (non-hydrogen) atoms. The zero-order valence-electron chi connectivity index (χ0n) is 17.8. The molecular formula is C24H26BrFN2O2. The van der Waals surface area contributed by atoms with Crippen LogP contribution in [0.25, 0.3) is 0 Å². The number of nitrogens with one attached hydrogen (secondary N) is 1. The molecule has 1 unspecified atom stereocenters. The van der Waals surface area contributed by atoms with E-state index in [1.165, 1.54) is 23.1 Å². The Morgan fingerprint density at radius 1 is 1.17 bits per heavy atom. The van der Waals surface area contributed by atoms with E-state index in [0.717, 1.165) is 11.1 Å². The molecule has 0 saturated carbocycles. The van der Waals surface area contributed by atoms with Crippen LogP contribution in [0.1, 0.15) is 50.4 Å². The van der Waals surface area contributed by atoms with Gasteiger partial charge in [0.25, 0.3) is 5.91 Å². The molecule has 0 spiro atoms. The van der Waals surface area contributed by atoms with Crippen molar-refractivity contribution in [3.05, 3.63) is 69.4 Å². The average molecular weight is 473 g/mol. The van der Waals surface area contributed by atoms with E-state index in [-0.39, 0.29) is 12.5 Å². The molecule has 0 radical (unpaired) electrons. The molecule has 2 amide bonds. The Bertz CT molecular complexity index is 985. The van der Waals surface area contributed by atoms with Crippen LogP contribution < -0.4 is 5.32 Å². The van der Waals surface area contributed by atoms with Crippen molar-refractivity contribution in [2.24, 2.45) is 0 Å². The Balaban J connectivity index is 2.59. The van der Waals surface area contributed by atoms with Gasteiger partial charge < -0.3 is 10.2 Å². The summed E-state index contributed by atoms with van der Waals surface area (Å²) in [6.07, 6.45) is 0. The fourth-order valence-electron chi connectivity index (χ4n) is 2.96. The molecule has 0 aliphatic heterocycles. The fourth-order valence-corrected chi connectivity index (χ4v) is 3.53. The third kappa shape index (κ3) is 6.43. The standard InChI is InChI=1S/C24H26BrFN2O2/c1-6-7-21(29)28(15-17-10-8-16(2)9-11-17)22(23(30)27-24(3,4)5)19-13-12-18(26)14-20(19)25/h8-14,22H,15H2,1-5H3,(H,27,30).